The quantitative estimate of drug-likeness (QED) is 0.0120. The molecular formula is C86H110N4O14P2. The van der Waals surface area contributed by atoms with Gasteiger partial charge < -0.3 is 38.6 Å². The van der Waals surface area contributed by atoms with Crippen molar-refractivity contribution in [3.05, 3.63) is 260 Å². The Bertz CT molecular complexity index is 4040. The summed E-state index contributed by atoms with van der Waals surface area (Å²) in [6.07, 6.45) is 1.86. The average molecular weight is 1490 g/mol. The number of rotatable bonds is 38. The summed E-state index contributed by atoms with van der Waals surface area (Å²) in [7, 11) is -7.84. The van der Waals surface area contributed by atoms with E-state index in [0.29, 0.717) is 48.7 Å². The van der Waals surface area contributed by atoms with Crippen molar-refractivity contribution in [1.82, 2.24) is 20.3 Å². The molecule has 0 aliphatic heterocycles. The number of phenols is 2. The molecule has 568 valence electrons. The molecule has 106 heavy (non-hydrogen) atoms. The van der Waals surface area contributed by atoms with Crippen LogP contribution in [0, 0.1) is 27.7 Å². The van der Waals surface area contributed by atoms with Gasteiger partial charge in [-0.25, -0.2) is 20.3 Å². The first-order valence-electron chi connectivity index (χ1n) is 36.8. The number of hydrogen-bond donors (Lipinski definition) is 6. The second-order valence-electron chi connectivity index (χ2n) is 28.3. The van der Waals surface area contributed by atoms with Crippen molar-refractivity contribution in [3.8, 4) is 23.0 Å². The van der Waals surface area contributed by atoms with Gasteiger partial charge in [0.05, 0.1) is 25.4 Å². The predicted molar refractivity (Wildman–Crippen MR) is 421 cm³/mol. The largest absolute Gasteiger partial charge is 0.508 e. The summed E-state index contributed by atoms with van der Waals surface area (Å²) in [6, 6.07) is 52.7. The summed E-state index contributed by atoms with van der Waals surface area (Å²) in [5.74, 6) is -0.271. The minimum absolute atomic E-state index is 0.185. The first-order chi connectivity index (χ1) is 50.5. The monoisotopic (exact) mass is 1480 g/mol. The van der Waals surface area contributed by atoms with E-state index in [0.717, 1.165) is 77.9 Å². The van der Waals surface area contributed by atoms with Crippen LogP contribution < -0.4 is 29.8 Å². The first-order valence-corrected chi connectivity index (χ1v) is 40.6. The fourth-order valence-electron chi connectivity index (χ4n) is 12.3. The topological polar surface area (TPSA) is 246 Å². The van der Waals surface area contributed by atoms with Crippen molar-refractivity contribution >= 4 is 38.8 Å². The van der Waals surface area contributed by atoms with E-state index in [1.807, 2.05) is 211 Å². The summed E-state index contributed by atoms with van der Waals surface area (Å²) >= 11 is 0. The lowest BCUT2D eigenvalue weighted by atomic mass is 9.93. The van der Waals surface area contributed by atoms with Gasteiger partial charge in [-0.1, -0.05) is 187 Å². The van der Waals surface area contributed by atoms with Gasteiger partial charge in [0.25, 0.3) is 0 Å². The molecule has 20 heteroatoms. The lowest BCUT2D eigenvalue weighted by molar-refractivity contribution is -0.150. The molecule has 8 rings (SSSR count). The number of esters is 4. The Balaban J connectivity index is 0.000000296. The molecule has 4 atom stereocenters. The molecule has 0 heterocycles. The van der Waals surface area contributed by atoms with Crippen LogP contribution in [0.3, 0.4) is 0 Å². The van der Waals surface area contributed by atoms with E-state index in [9.17, 15) is 29.4 Å². The third-order valence-electron chi connectivity index (χ3n) is 17.7. The van der Waals surface area contributed by atoms with E-state index in [1.54, 1.807) is 39.8 Å². The maximum absolute atomic E-state index is 15.2. The van der Waals surface area contributed by atoms with Gasteiger partial charge in [0.2, 0.25) is 14.9 Å². The van der Waals surface area contributed by atoms with Crippen LogP contribution in [0.25, 0.3) is 0 Å². The maximum atomic E-state index is 15.2. The van der Waals surface area contributed by atoms with Gasteiger partial charge in [-0.2, -0.15) is 0 Å². The summed E-state index contributed by atoms with van der Waals surface area (Å²) < 4.78 is 65.3. The van der Waals surface area contributed by atoms with Gasteiger partial charge in [0.1, 0.15) is 47.2 Å². The summed E-state index contributed by atoms with van der Waals surface area (Å²) in [6.45, 7) is 27.5. The zero-order valence-corrected chi connectivity index (χ0v) is 65.9. The van der Waals surface area contributed by atoms with Gasteiger partial charge in [0.15, 0.2) is 12.7 Å². The lowest BCUT2D eigenvalue weighted by Crippen LogP contribution is -2.47. The van der Waals surface area contributed by atoms with E-state index in [2.05, 4.69) is 48.0 Å². The van der Waals surface area contributed by atoms with Crippen molar-refractivity contribution in [3.63, 3.8) is 0 Å². The van der Waals surface area contributed by atoms with Gasteiger partial charge in [0, 0.05) is 0 Å². The molecule has 0 amide bonds. The molecule has 0 spiro atoms. The van der Waals surface area contributed by atoms with Gasteiger partial charge in [-0.15, -0.1) is 0 Å². The first kappa shape index (κ1) is 84.4. The molecule has 18 nitrogen and oxygen atoms in total. The smallest absolute Gasteiger partial charge is 0.324 e. The Morgan fingerprint density at radius 2 is 0.651 bits per heavy atom. The van der Waals surface area contributed by atoms with E-state index in [-0.39, 0.29) is 63.4 Å². The molecule has 0 aliphatic carbocycles. The number of carbonyl (C=O) groups is 4. The van der Waals surface area contributed by atoms with Crippen LogP contribution in [0.1, 0.15) is 172 Å². The second kappa shape index (κ2) is 41.3. The fourth-order valence-corrected chi connectivity index (χ4v) is 16.2. The van der Waals surface area contributed by atoms with Crippen molar-refractivity contribution < 1.29 is 66.9 Å². The van der Waals surface area contributed by atoms with E-state index in [4.69, 9.17) is 28.4 Å². The summed E-state index contributed by atoms with van der Waals surface area (Å²) in [5.41, 5.74) is 13.6. The van der Waals surface area contributed by atoms with Crippen LogP contribution in [0.2, 0.25) is 0 Å². The normalized spacial score (nSPS) is 12.8. The molecule has 0 fully saturated rings. The molecule has 0 saturated carbocycles. The molecule has 0 radical (unpaired) electrons. The number of ether oxygens (including phenoxy) is 6. The number of nitrogens with one attached hydrogen (secondary N) is 4. The molecule has 0 unspecified atom stereocenters. The molecule has 0 bridgehead atoms. The third kappa shape index (κ3) is 26.9. The van der Waals surface area contributed by atoms with Crippen LogP contribution in [-0.4, -0.2) is 96.4 Å². The number of aryl methyl sites for hydroxylation is 4. The average Bonchev–Trinajstić information content (AvgIpc) is 0.822. The Morgan fingerprint density at radius 1 is 0.377 bits per heavy atom. The molecule has 0 aliphatic rings. The van der Waals surface area contributed by atoms with Crippen LogP contribution in [-0.2, 0) is 85.8 Å². The van der Waals surface area contributed by atoms with Gasteiger partial charge in [-0.05, 0) is 233 Å². The van der Waals surface area contributed by atoms with Gasteiger partial charge in [-0.3, -0.25) is 28.3 Å². The Labute approximate surface area is 628 Å². The molecule has 6 N–H and O–H groups in total. The zero-order chi connectivity index (χ0) is 77.1. The van der Waals surface area contributed by atoms with E-state index in [1.165, 1.54) is 0 Å². The van der Waals surface area contributed by atoms with Crippen LogP contribution in [0.15, 0.2) is 182 Å². The highest BCUT2D eigenvalue weighted by Gasteiger charge is 2.39. The number of aromatic hydroxyl groups is 2. The van der Waals surface area contributed by atoms with Crippen molar-refractivity contribution in [2.24, 2.45) is 0 Å². The standard InChI is InChI=1S/2C43H55N2O7P/c1-28(2)37-23-35(19-20-41(37)46)24-38-31(7)21-36(22-32(38)8)50-27-53(49,44-39(42(47)51-29(3)4)25-33-15-11-9-12-16-33)45-40(43(48)52-30(5)6)26-34-17-13-10-14-18-34;1-7-21-50-42(47)39(27-33-15-11-9-12-16-33)44-53(49,45-40(43(48)51-22-8-2)28-34-17-13-10-14-18-34)29-52-36-23-31(5)38(32(6)24-36)26-35-19-20-41(46)37(25-35)30(3)4/h9-23,28-30,39-40,46H,24-27H2,1-8H3,(H2,44,45,49);9-20,23-25,30,39-40,46H,7-8,21-22,26-29H2,1-6H3,(H2,44,45,49)/t2*39-,40-/m00/s1. The highest BCUT2D eigenvalue weighted by molar-refractivity contribution is 7.60. The Kier molecular flexibility index (Phi) is 32.9. The lowest BCUT2D eigenvalue weighted by Gasteiger charge is -2.30. The predicted octanol–water partition coefficient (Wildman–Crippen LogP) is 17.1. The Morgan fingerprint density at radius 3 is 0.906 bits per heavy atom. The molecule has 0 saturated heterocycles. The maximum Gasteiger partial charge on any atom is 0.324 e. The minimum atomic E-state index is -3.93. The zero-order valence-electron chi connectivity index (χ0n) is 64.1. The Hall–Kier alpha value is -8.86. The number of phenolic OH excluding ortho intramolecular Hbond substituents is 2. The highest BCUT2D eigenvalue weighted by atomic mass is 31.2. The van der Waals surface area contributed by atoms with E-state index >= 15 is 9.13 Å². The molecule has 8 aromatic rings. The summed E-state index contributed by atoms with van der Waals surface area (Å²) in [5, 5.41) is 33.0. The summed E-state index contributed by atoms with van der Waals surface area (Å²) in [4.78, 5) is 54.0. The van der Waals surface area contributed by atoms with Crippen LogP contribution in [0.5, 0.6) is 23.0 Å². The highest BCUT2D eigenvalue weighted by Crippen LogP contribution is 2.42. The number of benzene rings is 8. The van der Waals surface area contributed by atoms with Crippen molar-refractivity contribution in [2.75, 3.05) is 25.9 Å². The van der Waals surface area contributed by atoms with Gasteiger partial charge >= 0.3 is 23.9 Å². The van der Waals surface area contributed by atoms with Crippen LogP contribution in [0.4, 0.5) is 0 Å². The second-order valence-corrected chi connectivity index (χ2v) is 32.8. The van der Waals surface area contributed by atoms with Crippen LogP contribution >= 0.6 is 14.9 Å². The molecule has 0 aromatic heterocycles. The van der Waals surface area contributed by atoms with Crippen molar-refractivity contribution in [2.45, 2.75) is 197 Å². The fraction of sp³-hybridized carbons (Fsp3) is 0.395. The molecule has 8 aromatic carbocycles. The SMILES string of the molecule is CCCOC(=O)[C@H](Cc1ccccc1)NP(=O)(COc1cc(C)c(Cc2ccc(O)c(C(C)C)c2)c(C)c1)N[C@@H](Cc1ccccc1)C(=O)OCCC.Cc1cc(OCP(=O)(N[C@@H](Cc2ccccc2)C(=O)OC(C)C)N[C@@H](Cc2ccccc2)C(=O)OC(C)C)cc(C)c1Cc1ccc(O)c(C(C)C)c1. The van der Waals surface area contributed by atoms with E-state index < -0.39 is 75.1 Å². The third-order valence-corrected chi connectivity index (χ3v) is 21.6. The molecular weight excluding hydrogens is 1370 g/mol. The minimum Gasteiger partial charge on any atom is -0.508 e. The number of hydrogen-bond acceptors (Lipinski definition) is 14. The van der Waals surface area contributed by atoms with Crippen molar-refractivity contribution in [1.29, 1.82) is 0 Å². The number of carbonyl (C=O) groups excluding carboxylic acids is 4.